The summed E-state index contributed by atoms with van der Waals surface area (Å²) in [5, 5.41) is 51.7. The number of aromatic nitrogens is 2. The zero-order chi connectivity index (χ0) is 32.2. The van der Waals surface area contributed by atoms with Crippen molar-refractivity contribution in [3.63, 3.8) is 0 Å². The summed E-state index contributed by atoms with van der Waals surface area (Å²) in [4.78, 5) is 50.4. The zero-order valence-corrected chi connectivity index (χ0v) is 25.2. The molecule has 0 radical (unpaired) electrons. The van der Waals surface area contributed by atoms with Crippen molar-refractivity contribution in [1.29, 1.82) is 5.41 Å². The Morgan fingerprint density at radius 2 is 1.95 bits per heavy atom. The molecule has 6 N–H and O–H groups in total. The largest absolute Gasteiger partial charge is 0.862 e. The number of phosphoric ester groups is 1. The van der Waals surface area contributed by atoms with Gasteiger partial charge in [0.15, 0.2) is 6.23 Å². The van der Waals surface area contributed by atoms with Crippen LogP contribution in [-0.4, -0.2) is 83.8 Å². The van der Waals surface area contributed by atoms with Gasteiger partial charge in [-0.25, -0.2) is 23.9 Å². The Morgan fingerprint density at radius 1 is 1.25 bits per heavy atom. The normalized spacial score (nSPS) is 29.9. The van der Waals surface area contributed by atoms with E-state index in [4.69, 9.17) is 23.9 Å². The molecule has 9 atom stereocenters. The van der Waals surface area contributed by atoms with Crippen LogP contribution in [0.25, 0.3) is 0 Å². The Hall–Kier alpha value is -2.37. The van der Waals surface area contributed by atoms with Crippen LogP contribution in [0, 0.1) is 17.2 Å². The van der Waals surface area contributed by atoms with Gasteiger partial charge in [0, 0.05) is 24.6 Å². The number of aliphatic hydroxyl groups is 2. The fraction of sp³-hybridized carbons (Fsp3) is 0.560. The van der Waals surface area contributed by atoms with Crippen molar-refractivity contribution in [1.82, 2.24) is 9.55 Å². The Bertz CT molecular complexity index is 1390. The predicted octanol–water partition coefficient (Wildman–Crippen LogP) is -1.99. The number of phosphoric acid groups is 1. The molecule has 1 aromatic carbocycles. The van der Waals surface area contributed by atoms with Crippen LogP contribution in [-0.2, 0) is 29.7 Å². The molecule has 1 aromatic heterocycles. The summed E-state index contributed by atoms with van der Waals surface area (Å²) in [6.45, 7) is 0.574. The summed E-state index contributed by atoms with van der Waals surface area (Å²) in [5.41, 5.74) is 0.500. The van der Waals surface area contributed by atoms with Crippen molar-refractivity contribution in [3.8, 4) is 6.01 Å². The van der Waals surface area contributed by atoms with Crippen molar-refractivity contribution < 1.29 is 63.1 Å². The maximum absolute atomic E-state index is 12.9. The topological polar surface area (TPSA) is 278 Å². The minimum atomic E-state index is -5.23. The smallest absolute Gasteiger partial charge is 0.475 e. The highest BCUT2D eigenvalue weighted by Gasteiger charge is 2.52. The van der Waals surface area contributed by atoms with Gasteiger partial charge >= 0.3 is 7.82 Å². The van der Waals surface area contributed by atoms with Gasteiger partial charge in [0.1, 0.15) is 23.8 Å². The second-order valence-electron chi connectivity index (χ2n) is 10.6. The Kier molecular flexibility index (Phi) is 11.3. The lowest BCUT2D eigenvalue weighted by atomic mass is 10.0. The molecule has 17 nitrogen and oxygen atoms in total. The third-order valence-electron chi connectivity index (χ3n) is 7.34. The van der Waals surface area contributed by atoms with Gasteiger partial charge in [-0.3, -0.25) is 9.93 Å². The molecule has 2 heterocycles. The first-order valence-corrected chi connectivity index (χ1v) is 16.7. The molecule has 4 rings (SSSR count). The average molecular weight is 661 g/mol. The van der Waals surface area contributed by atoms with E-state index in [2.05, 4.69) is 9.98 Å². The van der Waals surface area contributed by atoms with E-state index >= 15 is 0 Å². The molecule has 2 aliphatic rings. The number of nitrogens with one attached hydrogen (secondary N) is 1. The average Bonchev–Trinajstić information content (AvgIpc) is 3.48. The highest BCUT2D eigenvalue weighted by atomic mass is 31.2. The summed E-state index contributed by atoms with van der Waals surface area (Å²) < 4.78 is 35.1. The van der Waals surface area contributed by atoms with Gasteiger partial charge < -0.3 is 49.2 Å². The molecule has 1 saturated heterocycles. The molecule has 19 heteroatoms. The van der Waals surface area contributed by atoms with Crippen molar-refractivity contribution >= 4 is 21.7 Å². The van der Waals surface area contributed by atoms with Crippen LogP contribution in [0.1, 0.15) is 31.6 Å². The fourth-order valence-corrected chi connectivity index (χ4v) is 7.72. The molecular weight excluding hydrogens is 626 g/mol. The van der Waals surface area contributed by atoms with Gasteiger partial charge in [-0.2, -0.15) is 0 Å². The molecule has 0 spiro atoms. The Balaban J connectivity index is 1.43. The molecule has 44 heavy (non-hydrogen) atoms. The third kappa shape index (κ3) is 8.88. The standard InChI is InChI=1S/C25H36N4O13P2/c1-14(30)27-11-17-9-16(10-18(17)39-12-15-5-3-2-4-6-15)24(43(34,35)36)42-44(37,38)40-13-19-21(31)22(32)23(41-19)29-8-7-20(26)28-25(29)33/h2-8,16-19,21-24,31-32H,9-13H2,1H3,(H,27,30)(H,37,38)(H2,26,28,33)(H2,34,35,36)/p-2/t16-,17+,18-,19-,21-,22-,23-,24?/m1/s1. The van der Waals surface area contributed by atoms with E-state index in [9.17, 15) is 44.6 Å². The molecule has 2 unspecified atom stereocenters. The van der Waals surface area contributed by atoms with Crippen molar-refractivity contribution in [2.24, 2.45) is 16.8 Å². The van der Waals surface area contributed by atoms with Crippen molar-refractivity contribution in [2.75, 3.05) is 13.2 Å². The Morgan fingerprint density at radius 3 is 2.59 bits per heavy atom. The van der Waals surface area contributed by atoms with Gasteiger partial charge in [0.25, 0.3) is 7.94 Å². The molecule has 1 aliphatic carbocycles. The summed E-state index contributed by atoms with van der Waals surface area (Å²) in [6.07, 6.45) is -5.76. The quantitative estimate of drug-likeness (QED) is 0.0771. The molecule has 244 valence electrons. The second-order valence-corrected chi connectivity index (χ2v) is 13.7. The van der Waals surface area contributed by atoms with Crippen LogP contribution in [0.5, 0.6) is 6.01 Å². The summed E-state index contributed by atoms with van der Waals surface area (Å²) in [7, 11) is -10.4. The van der Waals surface area contributed by atoms with Gasteiger partial charge in [-0.05, 0) is 37.3 Å². The number of aliphatic imine (C=N–C) groups is 1. The number of hydrogen-bond donors (Lipinski definition) is 6. The molecule has 2 aromatic rings. The molecule has 1 saturated carbocycles. The maximum Gasteiger partial charge on any atom is 0.475 e. The van der Waals surface area contributed by atoms with Crippen LogP contribution in [0.15, 0.2) is 47.6 Å². The number of rotatable bonds is 13. The molecule has 1 aliphatic heterocycles. The van der Waals surface area contributed by atoms with Crippen molar-refractivity contribution in [3.05, 3.63) is 53.6 Å². The van der Waals surface area contributed by atoms with E-state index in [1.165, 1.54) is 6.92 Å². The van der Waals surface area contributed by atoms with Crippen LogP contribution in [0.4, 0.5) is 0 Å². The van der Waals surface area contributed by atoms with Gasteiger partial charge in [-0.1, -0.05) is 30.3 Å². The first kappa shape index (κ1) is 34.5. The van der Waals surface area contributed by atoms with Crippen molar-refractivity contribution in [2.45, 2.75) is 62.9 Å². The number of hydrogen-bond acceptors (Lipinski definition) is 15. The molecule has 0 amide bonds. The van der Waals surface area contributed by atoms with Crippen LogP contribution < -0.4 is 20.6 Å². The number of ether oxygens (including phenoxy) is 2. The number of aliphatic hydroxyl groups excluding tert-OH is 2. The van der Waals surface area contributed by atoms with E-state index in [-0.39, 0.29) is 31.5 Å². The van der Waals surface area contributed by atoms with E-state index in [1.807, 2.05) is 30.3 Å². The summed E-state index contributed by atoms with van der Waals surface area (Å²) >= 11 is 0. The van der Waals surface area contributed by atoms with Gasteiger partial charge in [0.2, 0.25) is 5.85 Å². The highest BCUT2D eigenvalue weighted by Crippen LogP contribution is 2.60. The van der Waals surface area contributed by atoms with Crippen LogP contribution in [0.2, 0.25) is 0 Å². The fourth-order valence-electron chi connectivity index (χ4n) is 5.24. The first-order chi connectivity index (χ1) is 20.6. The molecule has 0 bridgehead atoms. The monoisotopic (exact) mass is 660 g/mol. The van der Waals surface area contributed by atoms with E-state index in [0.29, 0.717) is 0 Å². The van der Waals surface area contributed by atoms with Gasteiger partial charge in [-0.15, -0.1) is 0 Å². The maximum atomic E-state index is 12.9. The number of benzene rings is 1. The van der Waals surface area contributed by atoms with E-state index < -0.39 is 82.6 Å². The van der Waals surface area contributed by atoms with E-state index in [0.717, 1.165) is 22.4 Å². The third-order valence-corrected chi connectivity index (χ3v) is 9.67. The first-order valence-electron chi connectivity index (χ1n) is 13.5. The molecular formula is C25H34N4O13P2-2. The Labute approximate surface area is 252 Å². The van der Waals surface area contributed by atoms with Crippen LogP contribution >= 0.6 is 15.8 Å². The minimum Gasteiger partial charge on any atom is -0.862 e. The number of nitrogens with zero attached hydrogens (tertiary/aromatic N) is 3. The molecule has 2 fully saturated rings. The second kappa shape index (κ2) is 14.4. The lowest BCUT2D eigenvalue weighted by molar-refractivity contribution is -0.292. The van der Waals surface area contributed by atoms with E-state index in [1.54, 1.807) is 0 Å². The zero-order valence-electron chi connectivity index (χ0n) is 23.4. The van der Waals surface area contributed by atoms with Crippen LogP contribution in [0.3, 0.4) is 0 Å². The lowest BCUT2D eigenvalue weighted by Crippen LogP contribution is -2.34. The highest BCUT2D eigenvalue weighted by molar-refractivity contribution is 7.58. The minimum absolute atomic E-state index is 0.00990. The lowest BCUT2D eigenvalue weighted by Gasteiger charge is -2.31. The predicted molar refractivity (Wildman–Crippen MR) is 145 cm³/mol. The van der Waals surface area contributed by atoms with Gasteiger partial charge in [0.05, 0.1) is 25.3 Å². The summed E-state index contributed by atoms with van der Waals surface area (Å²) in [5.74, 6) is -3.98. The SMILES string of the molecule is CC([O-])=NC[C@@H]1C[C@@H](C(OP(=O)(O)OC[C@H]2O[C@@H](n3ccc(=N)nc3[O-])[C@H](O)[C@@H]2O)[P+]([O-])(O)O)C[C@H]1OCc1ccccc1. The summed E-state index contributed by atoms with van der Waals surface area (Å²) in [6, 6.07) is 9.32.